The predicted molar refractivity (Wildman–Crippen MR) is 78.2 cm³/mol. The first-order chi connectivity index (χ1) is 10.1. The van der Waals surface area contributed by atoms with Crippen LogP contribution in [0.2, 0.25) is 0 Å². The molecule has 21 heavy (non-hydrogen) atoms. The maximum atomic E-state index is 12.7. The molecule has 3 rings (SSSR count). The Kier molecular flexibility index (Phi) is 4.20. The Hall–Kier alpha value is -1.10. The molecule has 0 radical (unpaired) electrons. The number of carbonyl (C=O) groups excluding carboxylic acids is 2. The van der Waals surface area contributed by atoms with Gasteiger partial charge in [-0.1, -0.05) is 0 Å². The van der Waals surface area contributed by atoms with Gasteiger partial charge in [-0.25, -0.2) is 0 Å². The van der Waals surface area contributed by atoms with Crippen molar-refractivity contribution in [3.05, 3.63) is 0 Å². The molecule has 5 nitrogen and oxygen atoms in total. The van der Waals surface area contributed by atoms with Crippen molar-refractivity contribution in [3.8, 4) is 0 Å². The summed E-state index contributed by atoms with van der Waals surface area (Å²) in [5, 5.41) is 0. The van der Waals surface area contributed by atoms with E-state index in [1.807, 2.05) is 11.8 Å². The predicted octanol–water partition coefficient (Wildman–Crippen LogP) is 1.16. The van der Waals surface area contributed by atoms with Crippen LogP contribution in [0, 0.1) is 23.7 Å². The molecule has 2 aliphatic carbocycles. The molecule has 1 amide bonds. The zero-order chi connectivity index (χ0) is 15.0. The second kappa shape index (κ2) is 5.95. The maximum absolute atomic E-state index is 12.7. The van der Waals surface area contributed by atoms with Crippen LogP contribution < -0.4 is 5.73 Å². The second-order valence-corrected chi connectivity index (χ2v) is 6.79. The van der Waals surface area contributed by atoms with E-state index in [1.54, 1.807) is 0 Å². The van der Waals surface area contributed by atoms with E-state index < -0.39 is 0 Å². The summed E-state index contributed by atoms with van der Waals surface area (Å²) < 4.78 is 5.07. The highest BCUT2D eigenvalue weighted by Gasteiger charge is 2.50. The molecule has 0 aromatic carbocycles. The lowest BCUT2D eigenvalue weighted by Crippen LogP contribution is -2.49. The van der Waals surface area contributed by atoms with Crippen molar-refractivity contribution in [1.82, 2.24) is 4.90 Å². The van der Waals surface area contributed by atoms with Gasteiger partial charge in [-0.3, -0.25) is 9.59 Å². The summed E-state index contributed by atoms with van der Waals surface area (Å²) in [6, 6.07) is 0.0547. The Labute approximate surface area is 126 Å². The largest absolute Gasteiger partial charge is 0.466 e. The Balaban J connectivity index is 1.55. The molecule has 118 valence electrons. The number of piperidine rings is 1. The van der Waals surface area contributed by atoms with Crippen molar-refractivity contribution in [3.63, 3.8) is 0 Å². The van der Waals surface area contributed by atoms with Gasteiger partial charge in [-0.2, -0.15) is 0 Å². The van der Waals surface area contributed by atoms with Crippen LogP contribution in [-0.2, 0) is 14.3 Å². The number of amides is 1. The summed E-state index contributed by atoms with van der Waals surface area (Å²) in [5.41, 5.74) is 6.27. The Morgan fingerprint density at radius 1 is 1.14 bits per heavy atom. The average Bonchev–Trinajstić information content (AvgIpc) is 3.08. The molecular formula is C16H26N2O3. The van der Waals surface area contributed by atoms with Gasteiger partial charge in [-0.05, 0) is 50.9 Å². The molecule has 2 N–H and O–H groups in total. The van der Waals surface area contributed by atoms with Gasteiger partial charge in [0.2, 0.25) is 5.91 Å². The molecule has 0 aromatic heterocycles. The average molecular weight is 294 g/mol. The number of hydrogen-bond acceptors (Lipinski definition) is 4. The van der Waals surface area contributed by atoms with Crippen LogP contribution in [0.15, 0.2) is 0 Å². The zero-order valence-electron chi connectivity index (χ0n) is 12.8. The van der Waals surface area contributed by atoms with E-state index in [2.05, 4.69) is 0 Å². The van der Waals surface area contributed by atoms with Crippen molar-refractivity contribution in [2.24, 2.45) is 29.4 Å². The van der Waals surface area contributed by atoms with Crippen molar-refractivity contribution in [1.29, 1.82) is 0 Å². The normalized spacial score (nSPS) is 36.0. The fraction of sp³-hybridized carbons (Fsp3) is 0.875. The van der Waals surface area contributed by atoms with Gasteiger partial charge < -0.3 is 15.4 Å². The fourth-order valence-electron chi connectivity index (χ4n) is 4.51. The lowest BCUT2D eigenvalue weighted by atomic mass is 9.83. The van der Waals surface area contributed by atoms with E-state index in [1.165, 1.54) is 6.42 Å². The molecule has 1 saturated heterocycles. The lowest BCUT2D eigenvalue weighted by molar-refractivity contribution is -0.152. The molecule has 5 heteroatoms. The molecular weight excluding hydrogens is 268 g/mol. The number of likely N-dealkylation sites (tertiary alicyclic amines) is 1. The number of ether oxygens (including phenoxy) is 1. The molecule has 0 aromatic rings. The van der Waals surface area contributed by atoms with Crippen molar-refractivity contribution in [2.45, 2.75) is 45.1 Å². The standard InChI is InChI=1S/C16H26N2O3/c1-2-21-16(20)10-5-7-18(8-6-10)15(19)13-11-3-4-12(9-11)14(13)17/h10-14H,2-9,17H2,1H3. The third-order valence-corrected chi connectivity index (χ3v) is 5.69. The number of carbonyl (C=O) groups is 2. The monoisotopic (exact) mass is 294 g/mol. The molecule has 3 fully saturated rings. The SMILES string of the molecule is CCOC(=O)C1CCN(C(=O)C2C3CCC(C3)C2N)CC1. The first-order valence-electron chi connectivity index (χ1n) is 8.32. The molecule has 3 aliphatic rings. The Morgan fingerprint density at radius 2 is 1.81 bits per heavy atom. The zero-order valence-corrected chi connectivity index (χ0v) is 12.8. The second-order valence-electron chi connectivity index (χ2n) is 6.79. The van der Waals surface area contributed by atoms with Crippen molar-refractivity contribution < 1.29 is 14.3 Å². The van der Waals surface area contributed by atoms with Gasteiger partial charge >= 0.3 is 5.97 Å². The first-order valence-corrected chi connectivity index (χ1v) is 8.32. The third kappa shape index (κ3) is 2.68. The molecule has 4 atom stereocenters. The quantitative estimate of drug-likeness (QED) is 0.793. The topological polar surface area (TPSA) is 72.6 Å². The van der Waals surface area contributed by atoms with E-state index in [4.69, 9.17) is 10.5 Å². The van der Waals surface area contributed by atoms with Crippen LogP contribution in [-0.4, -0.2) is 42.5 Å². The summed E-state index contributed by atoms with van der Waals surface area (Å²) in [4.78, 5) is 26.4. The summed E-state index contributed by atoms with van der Waals surface area (Å²) in [6.07, 6.45) is 4.94. The number of hydrogen-bond donors (Lipinski definition) is 1. The summed E-state index contributed by atoms with van der Waals surface area (Å²) in [7, 11) is 0. The van der Waals surface area contributed by atoms with Crippen LogP contribution in [0.25, 0.3) is 0 Å². The minimum atomic E-state index is -0.110. The number of rotatable bonds is 3. The summed E-state index contributed by atoms with van der Waals surface area (Å²) in [5.74, 6) is 1.17. The van der Waals surface area contributed by atoms with Gasteiger partial charge in [0.1, 0.15) is 0 Å². The van der Waals surface area contributed by atoms with Crippen LogP contribution in [0.1, 0.15) is 39.0 Å². The summed E-state index contributed by atoms with van der Waals surface area (Å²) >= 11 is 0. The molecule has 4 unspecified atom stereocenters. The fourth-order valence-corrected chi connectivity index (χ4v) is 4.51. The smallest absolute Gasteiger partial charge is 0.309 e. The highest BCUT2D eigenvalue weighted by atomic mass is 16.5. The minimum Gasteiger partial charge on any atom is -0.466 e. The highest BCUT2D eigenvalue weighted by Crippen LogP contribution is 2.48. The van der Waals surface area contributed by atoms with Gasteiger partial charge in [0.15, 0.2) is 0 Å². The van der Waals surface area contributed by atoms with Crippen LogP contribution in [0.3, 0.4) is 0 Å². The van der Waals surface area contributed by atoms with E-state index in [9.17, 15) is 9.59 Å². The summed E-state index contributed by atoms with van der Waals surface area (Å²) in [6.45, 7) is 3.59. The van der Waals surface area contributed by atoms with E-state index in [0.29, 0.717) is 31.5 Å². The van der Waals surface area contributed by atoms with E-state index in [-0.39, 0.29) is 29.8 Å². The third-order valence-electron chi connectivity index (χ3n) is 5.69. The number of fused-ring (bicyclic) bond motifs is 2. The van der Waals surface area contributed by atoms with Gasteiger partial charge in [0.25, 0.3) is 0 Å². The van der Waals surface area contributed by atoms with Gasteiger partial charge in [0.05, 0.1) is 18.4 Å². The molecule has 0 spiro atoms. The van der Waals surface area contributed by atoms with E-state index >= 15 is 0 Å². The maximum Gasteiger partial charge on any atom is 0.309 e. The Bertz CT molecular complexity index is 416. The number of esters is 1. The van der Waals surface area contributed by atoms with E-state index in [0.717, 1.165) is 25.7 Å². The molecule has 2 saturated carbocycles. The lowest BCUT2D eigenvalue weighted by Gasteiger charge is -2.36. The van der Waals surface area contributed by atoms with Crippen molar-refractivity contribution in [2.75, 3.05) is 19.7 Å². The molecule has 1 aliphatic heterocycles. The first kappa shape index (κ1) is 14.8. The van der Waals surface area contributed by atoms with Crippen molar-refractivity contribution >= 4 is 11.9 Å². The van der Waals surface area contributed by atoms with Crippen LogP contribution >= 0.6 is 0 Å². The molecule has 1 heterocycles. The molecule has 2 bridgehead atoms. The number of nitrogens with zero attached hydrogens (tertiary/aromatic N) is 1. The van der Waals surface area contributed by atoms with Gasteiger partial charge in [-0.15, -0.1) is 0 Å². The Morgan fingerprint density at radius 3 is 2.38 bits per heavy atom. The number of nitrogens with two attached hydrogens (primary N) is 1. The van der Waals surface area contributed by atoms with Gasteiger partial charge in [0, 0.05) is 19.1 Å². The minimum absolute atomic E-state index is 0.0305. The van der Waals surface area contributed by atoms with Crippen LogP contribution in [0.4, 0.5) is 0 Å². The van der Waals surface area contributed by atoms with Crippen LogP contribution in [0.5, 0.6) is 0 Å². The highest BCUT2D eigenvalue weighted by molar-refractivity contribution is 5.81.